The van der Waals surface area contributed by atoms with Gasteiger partial charge in [-0.15, -0.1) is 11.3 Å². The van der Waals surface area contributed by atoms with Gasteiger partial charge in [0.15, 0.2) is 5.65 Å². The lowest BCUT2D eigenvalue weighted by Crippen LogP contribution is -2.46. The molecular formula is C16H20N6OS. The molecule has 1 saturated heterocycles. The number of fused-ring (bicyclic) bond motifs is 1. The van der Waals surface area contributed by atoms with Crippen molar-refractivity contribution in [1.29, 1.82) is 0 Å². The van der Waals surface area contributed by atoms with Gasteiger partial charge in [0.2, 0.25) is 0 Å². The van der Waals surface area contributed by atoms with E-state index in [4.69, 9.17) is 5.11 Å². The highest BCUT2D eigenvalue weighted by Crippen LogP contribution is 2.24. The van der Waals surface area contributed by atoms with Gasteiger partial charge in [-0.05, 0) is 11.4 Å². The number of aliphatic hydroxyl groups is 1. The van der Waals surface area contributed by atoms with Crippen LogP contribution in [0.25, 0.3) is 11.0 Å². The highest BCUT2D eigenvalue weighted by atomic mass is 32.1. The van der Waals surface area contributed by atoms with Crippen LogP contribution < -0.4 is 4.90 Å². The standard InChI is InChI=1S/C16H20N6OS/c23-8-7-22-16-14(10-19-22)15(17-12-18-16)21-5-3-20(4-6-21)11-13-2-1-9-24-13/h1-2,9-10,12,23H,3-8,11H2. The predicted octanol–water partition coefficient (Wildman–Crippen LogP) is 1.20. The summed E-state index contributed by atoms with van der Waals surface area (Å²) in [7, 11) is 0. The van der Waals surface area contributed by atoms with E-state index in [-0.39, 0.29) is 6.61 Å². The van der Waals surface area contributed by atoms with Crippen molar-refractivity contribution in [3.8, 4) is 0 Å². The van der Waals surface area contributed by atoms with Crippen LogP contribution in [0.3, 0.4) is 0 Å². The minimum Gasteiger partial charge on any atom is -0.394 e. The van der Waals surface area contributed by atoms with Gasteiger partial charge in [-0.1, -0.05) is 6.07 Å². The maximum Gasteiger partial charge on any atom is 0.163 e. The fourth-order valence-electron chi connectivity index (χ4n) is 3.13. The van der Waals surface area contributed by atoms with Crippen molar-refractivity contribution in [2.75, 3.05) is 37.7 Å². The van der Waals surface area contributed by atoms with E-state index in [0.717, 1.165) is 49.6 Å². The molecule has 0 amide bonds. The molecule has 7 nitrogen and oxygen atoms in total. The SMILES string of the molecule is OCCn1ncc2c(N3CCN(Cc4cccs4)CC3)ncnc21. The van der Waals surface area contributed by atoms with E-state index in [2.05, 4.69) is 42.4 Å². The first-order valence-corrected chi connectivity index (χ1v) is 9.00. The first kappa shape index (κ1) is 15.5. The van der Waals surface area contributed by atoms with Gasteiger partial charge in [0.25, 0.3) is 0 Å². The number of hydrogen-bond donors (Lipinski definition) is 1. The van der Waals surface area contributed by atoms with Gasteiger partial charge >= 0.3 is 0 Å². The third kappa shape index (κ3) is 3.00. The van der Waals surface area contributed by atoms with E-state index >= 15 is 0 Å². The quantitative estimate of drug-likeness (QED) is 0.750. The summed E-state index contributed by atoms with van der Waals surface area (Å²) in [6.07, 6.45) is 3.39. The van der Waals surface area contributed by atoms with Gasteiger partial charge in [-0.2, -0.15) is 5.10 Å². The Morgan fingerprint density at radius 3 is 2.79 bits per heavy atom. The maximum atomic E-state index is 9.13. The van der Waals surface area contributed by atoms with Crippen molar-refractivity contribution in [3.05, 3.63) is 34.9 Å². The van der Waals surface area contributed by atoms with Gasteiger partial charge in [0, 0.05) is 37.6 Å². The molecule has 4 rings (SSSR count). The van der Waals surface area contributed by atoms with Crippen molar-refractivity contribution < 1.29 is 5.11 Å². The van der Waals surface area contributed by atoms with Crippen LogP contribution in [-0.2, 0) is 13.1 Å². The van der Waals surface area contributed by atoms with Crippen LogP contribution in [0.5, 0.6) is 0 Å². The number of thiophene rings is 1. The fraction of sp³-hybridized carbons (Fsp3) is 0.438. The molecule has 4 heterocycles. The summed E-state index contributed by atoms with van der Waals surface area (Å²) in [6, 6.07) is 4.30. The van der Waals surface area contributed by atoms with Gasteiger partial charge in [-0.25, -0.2) is 14.6 Å². The van der Waals surface area contributed by atoms with Crippen molar-refractivity contribution in [2.24, 2.45) is 0 Å². The molecule has 0 unspecified atom stereocenters. The Kier molecular flexibility index (Phi) is 4.42. The minimum absolute atomic E-state index is 0.0531. The smallest absolute Gasteiger partial charge is 0.163 e. The predicted molar refractivity (Wildman–Crippen MR) is 94.2 cm³/mol. The Balaban J connectivity index is 1.48. The van der Waals surface area contributed by atoms with Gasteiger partial charge in [0.1, 0.15) is 12.1 Å². The number of aromatic nitrogens is 4. The topological polar surface area (TPSA) is 70.3 Å². The van der Waals surface area contributed by atoms with E-state index < -0.39 is 0 Å². The number of nitrogens with zero attached hydrogens (tertiary/aromatic N) is 6. The Hall–Kier alpha value is -2.03. The van der Waals surface area contributed by atoms with Crippen LogP contribution in [0.4, 0.5) is 5.82 Å². The third-order valence-corrected chi connectivity index (χ3v) is 5.22. The molecule has 0 aromatic carbocycles. The van der Waals surface area contributed by atoms with E-state index in [1.807, 2.05) is 11.3 Å². The summed E-state index contributed by atoms with van der Waals surface area (Å²) in [4.78, 5) is 15.0. The molecule has 24 heavy (non-hydrogen) atoms. The minimum atomic E-state index is 0.0531. The highest BCUT2D eigenvalue weighted by molar-refractivity contribution is 7.09. The summed E-state index contributed by atoms with van der Waals surface area (Å²) in [6.45, 7) is 5.47. The van der Waals surface area contributed by atoms with Gasteiger partial charge in [0.05, 0.1) is 24.7 Å². The van der Waals surface area contributed by atoms with Crippen molar-refractivity contribution in [3.63, 3.8) is 0 Å². The first-order valence-electron chi connectivity index (χ1n) is 8.12. The van der Waals surface area contributed by atoms with Crippen LogP contribution in [0, 0.1) is 0 Å². The number of piperazine rings is 1. The molecule has 0 atom stereocenters. The summed E-state index contributed by atoms with van der Waals surface area (Å²) in [5.74, 6) is 0.944. The number of hydrogen-bond acceptors (Lipinski definition) is 7. The fourth-order valence-corrected chi connectivity index (χ4v) is 3.88. The molecule has 0 radical (unpaired) electrons. The Morgan fingerprint density at radius 1 is 1.17 bits per heavy atom. The highest BCUT2D eigenvalue weighted by Gasteiger charge is 2.21. The normalized spacial score (nSPS) is 16.1. The van der Waals surface area contributed by atoms with Gasteiger partial charge < -0.3 is 10.0 Å². The monoisotopic (exact) mass is 344 g/mol. The Labute approximate surface area is 144 Å². The molecule has 1 fully saturated rings. The number of anilines is 1. The molecule has 1 aliphatic heterocycles. The summed E-state index contributed by atoms with van der Waals surface area (Å²) in [5, 5.41) is 16.5. The second kappa shape index (κ2) is 6.84. The van der Waals surface area contributed by atoms with E-state index in [9.17, 15) is 0 Å². The lowest BCUT2D eigenvalue weighted by Gasteiger charge is -2.35. The van der Waals surface area contributed by atoms with E-state index in [0.29, 0.717) is 6.54 Å². The molecule has 1 N–H and O–H groups in total. The molecule has 0 spiro atoms. The zero-order valence-electron chi connectivity index (χ0n) is 13.4. The van der Waals surface area contributed by atoms with Crippen molar-refractivity contribution in [1.82, 2.24) is 24.6 Å². The van der Waals surface area contributed by atoms with Crippen LogP contribution in [0.15, 0.2) is 30.0 Å². The molecular weight excluding hydrogens is 324 g/mol. The van der Waals surface area contributed by atoms with E-state index in [1.165, 1.54) is 4.88 Å². The molecule has 1 aliphatic rings. The largest absolute Gasteiger partial charge is 0.394 e. The molecule has 0 aliphatic carbocycles. The average molecular weight is 344 g/mol. The van der Waals surface area contributed by atoms with Crippen LogP contribution >= 0.6 is 11.3 Å². The molecule has 8 heteroatoms. The number of rotatable bonds is 5. The Morgan fingerprint density at radius 2 is 2.04 bits per heavy atom. The van der Waals surface area contributed by atoms with Crippen LogP contribution in [0.2, 0.25) is 0 Å². The summed E-state index contributed by atoms with van der Waals surface area (Å²) < 4.78 is 1.73. The second-order valence-corrected chi connectivity index (χ2v) is 6.90. The zero-order chi connectivity index (χ0) is 16.4. The molecule has 126 valence electrons. The first-order chi connectivity index (χ1) is 11.8. The average Bonchev–Trinajstić information content (AvgIpc) is 3.26. The van der Waals surface area contributed by atoms with E-state index in [1.54, 1.807) is 17.2 Å². The lowest BCUT2D eigenvalue weighted by molar-refractivity contribution is 0.251. The van der Waals surface area contributed by atoms with Crippen molar-refractivity contribution >= 4 is 28.2 Å². The number of aliphatic hydroxyl groups excluding tert-OH is 1. The molecule has 0 bridgehead atoms. The lowest BCUT2D eigenvalue weighted by atomic mass is 10.2. The Bertz CT molecular complexity index is 794. The zero-order valence-corrected chi connectivity index (χ0v) is 14.2. The summed E-state index contributed by atoms with van der Waals surface area (Å²) >= 11 is 1.82. The van der Waals surface area contributed by atoms with Crippen LogP contribution in [-0.4, -0.2) is 62.5 Å². The van der Waals surface area contributed by atoms with Crippen LogP contribution in [0.1, 0.15) is 4.88 Å². The van der Waals surface area contributed by atoms with Gasteiger partial charge in [-0.3, -0.25) is 4.90 Å². The molecule has 3 aromatic rings. The third-order valence-electron chi connectivity index (χ3n) is 4.36. The molecule has 3 aromatic heterocycles. The second-order valence-electron chi connectivity index (χ2n) is 5.87. The molecule has 0 saturated carbocycles. The van der Waals surface area contributed by atoms with Crippen molar-refractivity contribution in [2.45, 2.75) is 13.1 Å². The summed E-state index contributed by atoms with van der Waals surface area (Å²) in [5.41, 5.74) is 0.787. The maximum absolute atomic E-state index is 9.13.